The molecule has 1 aromatic heterocycles. The maximum atomic E-state index is 12.1. The SMILES string of the molecule is CO/C(N)=C(/NCc1ccnc(OC)c1)C(=O)NCCCO. The van der Waals surface area contributed by atoms with Crippen LogP contribution in [0.5, 0.6) is 5.88 Å². The number of carbonyl (C=O) groups excluding carboxylic acids is 1. The fraction of sp³-hybridized carbons (Fsp3) is 0.429. The molecule has 0 aromatic carbocycles. The highest BCUT2D eigenvalue weighted by molar-refractivity contribution is 5.93. The number of aromatic nitrogens is 1. The molecule has 0 unspecified atom stereocenters. The van der Waals surface area contributed by atoms with Crippen LogP contribution in [0.2, 0.25) is 0 Å². The third-order valence-corrected chi connectivity index (χ3v) is 2.79. The number of amides is 1. The van der Waals surface area contributed by atoms with E-state index in [4.69, 9.17) is 20.3 Å². The second-order valence-corrected chi connectivity index (χ2v) is 4.34. The van der Waals surface area contributed by atoms with Crippen molar-refractivity contribution in [3.8, 4) is 5.88 Å². The molecular weight excluding hydrogens is 288 g/mol. The Balaban J connectivity index is 2.71. The van der Waals surface area contributed by atoms with Crippen LogP contribution in [0.15, 0.2) is 29.9 Å². The summed E-state index contributed by atoms with van der Waals surface area (Å²) < 4.78 is 9.96. The Morgan fingerprint density at radius 3 is 2.82 bits per heavy atom. The highest BCUT2D eigenvalue weighted by Crippen LogP contribution is 2.09. The third kappa shape index (κ3) is 5.49. The van der Waals surface area contributed by atoms with Crippen molar-refractivity contribution in [1.82, 2.24) is 15.6 Å². The summed E-state index contributed by atoms with van der Waals surface area (Å²) in [5.74, 6) is 0.0771. The number of nitrogens with two attached hydrogens (primary N) is 1. The normalized spacial score (nSPS) is 11.4. The van der Waals surface area contributed by atoms with Crippen molar-refractivity contribution in [1.29, 1.82) is 0 Å². The van der Waals surface area contributed by atoms with E-state index < -0.39 is 5.91 Å². The molecule has 0 spiro atoms. The minimum absolute atomic E-state index is 0.00330. The number of rotatable bonds is 9. The van der Waals surface area contributed by atoms with E-state index in [9.17, 15) is 4.79 Å². The molecule has 0 aliphatic heterocycles. The zero-order valence-corrected chi connectivity index (χ0v) is 12.8. The van der Waals surface area contributed by atoms with E-state index in [0.717, 1.165) is 5.56 Å². The van der Waals surface area contributed by atoms with Crippen LogP contribution in [0.1, 0.15) is 12.0 Å². The van der Waals surface area contributed by atoms with E-state index >= 15 is 0 Å². The van der Waals surface area contributed by atoms with Crippen molar-refractivity contribution in [2.45, 2.75) is 13.0 Å². The topological polar surface area (TPSA) is 119 Å². The van der Waals surface area contributed by atoms with Crippen molar-refractivity contribution < 1.29 is 19.4 Å². The number of nitrogens with zero attached hydrogens (tertiary/aromatic N) is 1. The first-order valence-electron chi connectivity index (χ1n) is 6.78. The lowest BCUT2D eigenvalue weighted by Gasteiger charge is -2.14. The summed E-state index contributed by atoms with van der Waals surface area (Å²) in [6, 6.07) is 3.54. The Labute approximate surface area is 129 Å². The van der Waals surface area contributed by atoms with Gasteiger partial charge in [-0.25, -0.2) is 4.98 Å². The molecule has 0 bridgehead atoms. The van der Waals surface area contributed by atoms with Crippen LogP contribution >= 0.6 is 0 Å². The maximum absolute atomic E-state index is 12.1. The largest absolute Gasteiger partial charge is 0.481 e. The average Bonchev–Trinajstić information content (AvgIpc) is 2.55. The molecule has 22 heavy (non-hydrogen) atoms. The number of aliphatic hydroxyl groups is 1. The predicted octanol–water partition coefficient (Wildman–Crippen LogP) is -0.547. The minimum atomic E-state index is -0.395. The molecule has 1 rings (SSSR count). The summed E-state index contributed by atoms with van der Waals surface area (Å²) >= 11 is 0. The number of hydrogen-bond acceptors (Lipinski definition) is 7. The Morgan fingerprint density at radius 1 is 1.41 bits per heavy atom. The molecule has 0 saturated carbocycles. The third-order valence-electron chi connectivity index (χ3n) is 2.79. The number of aliphatic hydroxyl groups excluding tert-OH is 1. The molecular formula is C14H22N4O4. The van der Waals surface area contributed by atoms with Gasteiger partial charge in [-0.05, 0) is 18.1 Å². The Hall–Kier alpha value is -2.48. The molecule has 0 fully saturated rings. The monoisotopic (exact) mass is 310 g/mol. The average molecular weight is 310 g/mol. The highest BCUT2D eigenvalue weighted by atomic mass is 16.5. The number of ether oxygens (including phenoxy) is 2. The van der Waals surface area contributed by atoms with E-state index in [-0.39, 0.29) is 18.2 Å². The fourth-order valence-electron chi connectivity index (χ4n) is 1.61. The van der Waals surface area contributed by atoms with Gasteiger partial charge in [0.05, 0.1) is 14.2 Å². The summed E-state index contributed by atoms with van der Waals surface area (Å²) in [5.41, 5.74) is 6.70. The first-order chi connectivity index (χ1) is 10.6. The van der Waals surface area contributed by atoms with Gasteiger partial charge in [0.25, 0.3) is 5.91 Å². The number of pyridine rings is 1. The molecule has 0 aliphatic carbocycles. The van der Waals surface area contributed by atoms with E-state index in [1.807, 2.05) is 0 Å². The molecule has 5 N–H and O–H groups in total. The summed E-state index contributed by atoms with van der Waals surface area (Å²) in [7, 11) is 2.91. The molecule has 0 saturated heterocycles. The van der Waals surface area contributed by atoms with E-state index in [0.29, 0.717) is 25.4 Å². The molecule has 0 atom stereocenters. The maximum Gasteiger partial charge on any atom is 0.272 e. The van der Waals surface area contributed by atoms with E-state index in [1.54, 1.807) is 18.3 Å². The van der Waals surface area contributed by atoms with Gasteiger partial charge >= 0.3 is 0 Å². The van der Waals surface area contributed by atoms with Crippen LogP contribution in [0.25, 0.3) is 0 Å². The van der Waals surface area contributed by atoms with Crippen LogP contribution < -0.4 is 21.1 Å². The van der Waals surface area contributed by atoms with Gasteiger partial charge < -0.3 is 30.9 Å². The molecule has 8 nitrogen and oxygen atoms in total. The zero-order chi connectivity index (χ0) is 16.4. The van der Waals surface area contributed by atoms with Gasteiger partial charge in [0.1, 0.15) is 0 Å². The van der Waals surface area contributed by atoms with Crippen LogP contribution in [0.3, 0.4) is 0 Å². The quantitative estimate of drug-likeness (QED) is 0.274. The van der Waals surface area contributed by atoms with Gasteiger partial charge in [0.15, 0.2) is 5.70 Å². The molecule has 1 aromatic rings. The van der Waals surface area contributed by atoms with Gasteiger partial charge in [-0.3, -0.25) is 4.79 Å². The lowest BCUT2D eigenvalue weighted by Crippen LogP contribution is -2.35. The predicted molar refractivity (Wildman–Crippen MR) is 80.6 cm³/mol. The smallest absolute Gasteiger partial charge is 0.272 e. The van der Waals surface area contributed by atoms with Crippen molar-refractivity contribution in [2.24, 2.45) is 5.73 Å². The Morgan fingerprint density at radius 2 is 2.18 bits per heavy atom. The van der Waals surface area contributed by atoms with Crippen LogP contribution in [-0.4, -0.2) is 43.4 Å². The standard InChI is InChI=1S/C14H22N4O4/c1-21-11-8-10(4-6-16-11)9-18-12(13(15)22-2)14(20)17-5-3-7-19/h4,6,8,18-19H,3,5,7,9,15H2,1-2H3,(H,17,20)/b13-12+. The van der Waals surface area contributed by atoms with Gasteiger partial charge in [-0.1, -0.05) is 0 Å². The van der Waals surface area contributed by atoms with Gasteiger partial charge in [0.2, 0.25) is 11.8 Å². The van der Waals surface area contributed by atoms with Gasteiger partial charge in [0, 0.05) is 32.0 Å². The lowest BCUT2D eigenvalue weighted by molar-refractivity contribution is -0.118. The summed E-state index contributed by atoms with van der Waals surface area (Å²) in [4.78, 5) is 16.1. The van der Waals surface area contributed by atoms with Gasteiger partial charge in [-0.15, -0.1) is 0 Å². The van der Waals surface area contributed by atoms with Crippen molar-refractivity contribution in [2.75, 3.05) is 27.4 Å². The number of nitrogens with one attached hydrogen (secondary N) is 2. The van der Waals surface area contributed by atoms with Crippen molar-refractivity contribution in [3.63, 3.8) is 0 Å². The molecule has 0 radical (unpaired) electrons. The summed E-state index contributed by atoms with van der Waals surface area (Å²) in [6.45, 7) is 0.704. The molecule has 1 amide bonds. The first kappa shape index (κ1) is 17.6. The second-order valence-electron chi connectivity index (χ2n) is 4.34. The minimum Gasteiger partial charge on any atom is -0.481 e. The van der Waals surface area contributed by atoms with Crippen LogP contribution in [-0.2, 0) is 16.1 Å². The lowest BCUT2D eigenvalue weighted by atomic mass is 10.2. The van der Waals surface area contributed by atoms with Crippen molar-refractivity contribution in [3.05, 3.63) is 35.5 Å². The number of carbonyl (C=O) groups is 1. The highest BCUT2D eigenvalue weighted by Gasteiger charge is 2.14. The van der Waals surface area contributed by atoms with Gasteiger partial charge in [-0.2, -0.15) is 0 Å². The van der Waals surface area contributed by atoms with Crippen LogP contribution in [0, 0.1) is 0 Å². The zero-order valence-electron chi connectivity index (χ0n) is 12.8. The Kier molecular flexibility index (Phi) is 7.55. The molecule has 122 valence electrons. The second kappa shape index (κ2) is 9.46. The van der Waals surface area contributed by atoms with E-state index in [2.05, 4.69) is 15.6 Å². The van der Waals surface area contributed by atoms with E-state index in [1.165, 1.54) is 14.2 Å². The molecule has 0 aliphatic rings. The fourth-order valence-corrected chi connectivity index (χ4v) is 1.61. The number of methoxy groups -OCH3 is 2. The molecule has 8 heteroatoms. The summed E-state index contributed by atoms with van der Waals surface area (Å²) in [6.07, 6.45) is 2.08. The Bertz CT molecular complexity index is 519. The summed E-state index contributed by atoms with van der Waals surface area (Å²) in [5, 5.41) is 14.3. The van der Waals surface area contributed by atoms with Crippen molar-refractivity contribution >= 4 is 5.91 Å². The van der Waals surface area contributed by atoms with Crippen LogP contribution in [0.4, 0.5) is 0 Å². The molecule has 1 heterocycles. The first-order valence-corrected chi connectivity index (χ1v) is 6.78. The number of hydrogen-bond donors (Lipinski definition) is 4.